The van der Waals surface area contributed by atoms with Crippen molar-refractivity contribution in [2.45, 2.75) is 12.7 Å². The number of halogens is 3. The lowest BCUT2D eigenvalue weighted by Crippen LogP contribution is -2.14. The van der Waals surface area contributed by atoms with E-state index in [0.29, 0.717) is 0 Å². The molecule has 0 aliphatic carbocycles. The van der Waals surface area contributed by atoms with Gasteiger partial charge in [0.1, 0.15) is 0 Å². The fourth-order valence-corrected chi connectivity index (χ4v) is 1.49. The van der Waals surface area contributed by atoms with Crippen LogP contribution in [-0.2, 0) is 6.42 Å². The summed E-state index contributed by atoms with van der Waals surface area (Å²) in [6.07, 6.45) is -0.512. The van der Waals surface area contributed by atoms with Gasteiger partial charge in [-0.2, -0.15) is 0 Å². The molecule has 0 amide bonds. The van der Waals surface area contributed by atoms with E-state index >= 15 is 0 Å². The Morgan fingerprint density at radius 3 is 2.55 bits per heavy atom. The van der Waals surface area contributed by atoms with Gasteiger partial charge in [-0.3, -0.25) is 0 Å². The van der Waals surface area contributed by atoms with E-state index in [1.54, 1.807) is 17.5 Å². The van der Waals surface area contributed by atoms with Crippen molar-refractivity contribution in [3.05, 3.63) is 22.4 Å². The highest BCUT2D eigenvalue weighted by Crippen LogP contribution is 2.20. The third-order valence-corrected chi connectivity index (χ3v) is 2.23. The SMILES string of the molecule is F[B-](F)(F)CCc1cccs1. The Labute approximate surface area is 67.1 Å². The Morgan fingerprint density at radius 1 is 1.36 bits per heavy atom. The highest BCUT2D eigenvalue weighted by atomic mass is 32.1. The van der Waals surface area contributed by atoms with Crippen molar-refractivity contribution in [1.29, 1.82) is 0 Å². The van der Waals surface area contributed by atoms with E-state index in [4.69, 9.17) is 0 Å². The summed E-state index contributed by atoms with van der Waals surface area (Å²) in [6.45, 7) is -4.60. The van der Waals surface area contributed by atoms with Crippen molar-refractivity contribution in [2.75, 3.05) is 0 Å². The van der Waals surface area contributed by atoms with E-state index in [-0.39, 0.29) is 6.42 Å². The van der Waals surface area contributed by atoms with Gasteiger partial charge >= 0.3 is 6.98 Å². The summed E-state index contributed by atoms with van der Waals surface area (Å²) < 4.78 is 35.1. The maximum Gasteiger partial charge on any atom is 0.478 e. The zero-order chi connectivity index (χ0) is 8.32. The van der Waals surface area contributed by atoms with E-state index in [0.717, 1.165) is 4.88 Å². The number of hydrogen-bond acceptors (Lipinski definition) is 1. The van der Waals surface area contributed by atoms with Gasteiger partial charge in [-0.25, -0.2) is 0 Å². The maximum atomic E-state index is 11.7. The van der Waals surface area contributed by atoms with E-state index in [2.05, 4.69) is 0 Å². The third-order valence-electron chi connectivity index (χ3n) is 1.30. The lowest BCUT2D eigenvalue weighted by Gasteiger charge is -2.11. The molecule has 1 rings (SSSR count). The second-order valence-corrected chi connectivity index (χ2v) is 3.36. The summed E-state index contributed by atoms with van der Waals surface area (Å²) >= 11 is 1.37. The summed E-state index contributed by atoms with van der Waals surface area (Å²) in [5.74, 6) is 0. The van der Waals surface area contributed by atoms with Crippen LogP contribution >= 0.6 is 11.3 Å². The Hall–Kier alpha value is -0.445. The highest BCUT2D eigenvalue weighted by Gasteiger charge is 2.21. The fourth-order valence-electron chi connectivity index (χ4n) is 0.761. The van der Waals surface area contributed by atoms with Crippen LogP contribution in [0.3, 0.4) is 0 Å². The van der Waals surface area contributed by atoms with Gasteiger partial charge in [0.15, 0.2) is 0 Å². The highest BCUT2D eigenvalue weighted by molar-refractivity contribution is 7.09. The molecule has 11 heavy (non-hydrogen) atoms. The van der Waals surface area contributed by atoms with Gasteiger partial charge in [0.2, 0.25) is 0 Å². The Bertz CT molecular complexity index is 204. The molecule has 0 saturated heterocycles. The average Bonchev–Trinajstić information content (AvgIpc) is 2.32. The molecule has 1 aromatic heterocycles. The lowest BCUT2D eigenvalue weighted by atomic mass is 9.84. The van der Waals surface area contributed by atoms with Crippen molar-refractivity contribution in [3.8, 4) is 0 Å². The van der Waals surface area contributed by atoms with Crippen molar-refractivity contribution < 1.29 is 12.9 Å². The van der Waals surface area contributed by atoms with Gasteiger partial charge in [-0.05, 0) is 17.9 Å². The van der Waals surface area contributed by atoms with E-state index in [9.17, 15) is 12.9 Å². The topological polar surface area (TPSA) is 0 Å². The van der Waals surface area contributed by atoms with Crippen LogP contribution in [-0.4, -0.2) is 6.98 Å². The smallest absolute Gasteiger partial charge is 0.449 e. The molecule has 0 aliphatic rings. The van der Waals surface area contributed by atoms with Crippen LogP contribution in [0, 0.1) is 0 Å². The summed E-state index contributed by atoms with van der Waals surface area (Å²) in [4.78, 5) is 0.809. The van der Waals surface area contributed by atoms with Crippen LogP contribution in [0.5, 0.6) is 0 Å². The molecule has 0 unspecified atom stereocenters. The Balaban J connectivity index is 2.35. The second-order valence-electron chi connectivity index (χ2n) is 2.33. The minimum atomic E-state index is -4.60. The second kappa shape index (κ2) is 3.30. The average molecular weight is 179 g/mol. The summed E-state index contributed by atoms with van der Waals surface area (Å²) in [5.41, 5.74) is 0. The molecule has 1 aromatic rings. The van der Waals surface area contributed by atoms with Crippen LogP contribution < -0.4 is 0 Å². The standard InChI is InChI=1S/C6H7BF3S/c8-7(9,10)4-3-6-2-1-5-11-6/h1-2,5H,3-4H2/q-1. The Kier molecular flexibility index (Phi) is 2.60. The minimum Gasteiger partial charge on any atom is -0.449 e. The normalized spacial score (nSPS) is 11.9. The van der Waals surface area contributed by atoms with Crippen LogP contribution in [0.15, 0.2) is 17.5 Å². The molecule has 0 atom stereocenters. The molecule has 0 nitrogen and oxygen atoms in total. The zero-order valence-electron chi connectivity index (χ0n) is 5.77. The molecular weight excluding hydrogens is 172 g/mol. The first-order valence-electron chi connectivity index (χ1n) is 3.31. The van der Waals surface area contributed by atoms with Crippen LogP contribution in [0.4, 0.5) is 12.9 Å². The first-order chi connectivity index (χ1) is 5.08. The number of thiophene rings is 1. The van der Waals surface area contributed by atoms with Gasteiger partial charge in [0, 0.05) is 4.88 Å². The van der Waals surface area contributed by atoms with E-state index in [1.807, 2.05) is 0 Å². The molecule has 62 valence electrons. The molecule has 0 N–H and O–H groups in total. The molecule has 0 aromatic carbocycles. The molecule has 1 heterocycles. The zero-order valence-corrected chi connectivity index (χ0v) is 6.58. The molecule has 5 heteroatoms. The minimum absolute atomic E-state index is 0.140. The van der Waals surface area contributed by atoms with Crippen molar-refractivity contribution in [1.82, 2.24) is 0 Å². The molecule has 0 aliphatic heterocycles. The largest absolute Gasteiger partial charge is 0.478 e. The first kappa shape index (κ1) is 8.65. The maximum absolute atomic E-state index is 11.7. The van der Waals surface area contributed by atoms with Gasteiger partial charge < -0.3 is 12.9 Å². The van der Waals surface area contributed by atoms with Crippen LogP contribution in [0.25, 0.3) is 0 Å². The van der Waals surface area contributed by atoms with Crippen molar-refractivity contribution >= 4 is 18.3 Å². The van der Waals surface area contributed by atoms with Crippen molar-refractivity contribution in [2.24, 2.45) is 0 Å². The van der Waals surface area contributed by atoms with Gasteiger partial charge in [0.05, 0.1) is 0 Å². The molecule has 0 spiro atoms. The fraction of sp³-hybridized carbons (Fsp3) is 0.333. The van der Waals surface area contributed by atoms with Gasteiger partial charge in [0.25, 0.3) is 0 Å². The van der Waals surface area contributed by atoms with E-state index < -0.39 is 13.3 Å². The number of rotatable bonds is 3. The summed E-state index contributed by atoms with van der Waals surface area (Å²) in [5, 5.41) is 1.79. The van der Waals surface area contributed by atoms with Crippen LogP contribution in [0.1, 0.15) is 4.88 Å². The first-order valence-corrected chi connectivity index (χ1v) is 4.19. The molecule has 0 fully saturated rings. The summed E-state index contributed by atoms with van der Waals surface area (Å²) in [7, 11) is 0. The quantitative estimate of drug-likeness (QED) is 0.625. The lowest BCUT2D eigenvalue weighted by molar-refractivity contribution is 0.468. The molecule has 0 saturated carbocycles. The molecular formula is C6H7BF3S-. The number of aryl methyl sites for hydroxylation is 1. The third kappa shape index (κ3) is 3.46. The molecule has 0 radical (unpaired) electrons. The summed E-state index contributed by atoms with van der Waals surface area (Å²) in [6, 6.07) is 3.50. The van der Waals surface area contributed by atoms with Gasteiger partial charge in [-0.15, -0.1) is 11.3 Å². The van der Waals surface area contributed by atoms with Crippen molar-refractivity contribution in [3.63, 3.8) is 0 Å². The van der Waals surface area contributed by atoms with Gasteiger partial charge in [-0.1, -0.05) is 12.4 Å². The monoisotopic (exact) mass is 179 g/mol. The Morgan fingerprint density at radius 2 is 2.09 bits per heavy atom. The molecule has 0 bridgehead atoms. The predicted octanol–water partition coefficient (Wildman–Crippen LogP) is 3.14. The number of hydrogen-bond donors (Lipinski definition) is 0. The van der Waals surface area contributed by atoms with E-state index in [1.165, 1.54) is 11.3 Å². The van der Waals surface area contributed by atoms with Crippen LogP contribution in [0.2, 0.25) is 6.32 Å². The predicted molar refractivity (Wildman–Crippen MR) is 41.9 cm³/mol.